The van der Waals surface area contributed by atoms with Gasteiger partial charge in [0.05, 0.1) is 0 Å². The van der Waals surface area contributed by atoms with Gasteiger partial charge in [-0.05, 0) is 36.6 Å². The molecule has 0 aliphatic rings. The average Bonchev–Trinajstić information content (AvgIpc) is 2.37. The van der Waals surface area contributed by atoms with E-state index in [1.165, 1.54) is 0 Å². The number of nitrogens with zero attached hydrogens (tertiary/aromatic N) is 3. The predicted molar refractivity (Wildman–Crippen MR) is 82.3 cm³/mol. The second-order valence-corrected chi connectivity index (χ2v) is 5.69. The molecule has 0 bridgehead atoms. The van der Waals surface area contributed by atoms with Crippen molar-refractivity contribution in [2.24, 2.45) is 5.11 Å². The minimum absolute atomic E-state index is 0.0269. The highest BCUT2D eigenvalue weighted by Gasteiger charge is 2.29. The summed E-state index contributed by atoms with van der Waals surface area (Å²) in [6.45, 7) is 7.90. The van der Waals surface area contributed by atoms with Crippen LogP contribution in [0.15, 0.2) is 17.2 Å². The maximum absolute atomic E-state index is 11.7. The largest absolute Gasteiger partial charge is 0.487 e. The number of amides is 1. The van der Waals surface area contributed by atoms with Crippen LogP contribution < -0.4 is 10.1 Å². The fourth-order valence-corrected chi connectivity index (χ4v) is 2.61. The number of nitrogens with one attached hydrogen (secondary N) is 1. The molecule has 1 aromatic carbocycles. The lowest BCUT2D eigenvalue weighted by atomic mass is 9.78. The third kappa shape index (κ3) is 4.39. The molecule has 0 saturated heterocycles. The smallest absolute Gasteiger partial charge is 0.220 e. The van der Waals surface area contributed by atoms with Crippen molar-refractivity contribution in [3.8, 4) is 5.75 Å². The van der Waals surface area contributed by atoms with Crippen molar-refractivity contribution in [3.63, 3.8) is 0 Å². The van der Waals surface area contributed by atoms with E-state index in [0.29, 0.717) is 12.2 Å². The van der Waals surface area contributed by atoms with E-state index in [2.05, 4.69) is 21.4 Å². The average molecular weight is 290 g/mol. The summed E-state index contributed by atoms with van der Waals surface area (Å²) in [6, 6.07) is 3.96. The molecule has 1 aromatic rings. The van der Waals surface area contributed by atoms with Crippen molar-refractivity contribution in [2.45, 2.75) is 39.5 Å². The Morgan fingerprint density at radius 2 is 2.10 bits per heavy atom. The van der Waals surface area contributed by atoms with Crippen molar-refractivity contribution in [2.75, 3.05) is 13.8 Å². The van der Waals surface area contributed by atoms with Crippen LogP contribution in [0.5, 0.6) is 5.75 Å². The number of aryl methyl sites for hydroxylation is 2. The number of rotatable bonds is 6. The van der Waals surface area contributed by atoms with Gasteiger partial charge in [0.2, 0.25) is 5.91 Å². The van der Waals surface area contributed by atoms with Gasteiger partial charge >= 0.3 is 0 Å². The number of carbonyl (C=O) groups excluding carboxylic acids is 1. The van der Waals surface area contributed by atoms with E-state index in [1.54, 1.807) is 7.05 Å². The molecular weight excluding hydrogens is 268 g/mol. The van der Waals surface area contributed by atoms with E-state index in [9.17, 15) is 4.79 Å². The SMILES string of the molecule is CNC(=O)CC(C)(C)c1c(C)cc(C)cc1OCN=[N+]=[N-]. The Balaban J connectivity index is 3.24. The third-order valence-electron chi connectivity index (χ3n) is 3.34. The number of benzene rings is 1. The highest BCUT2D eigenvalue weighted by Crippen LogP contribution is 2.37. The van der Waals surface area contributed by atoms with E-state index in [-0.39, 0.29) is 18.1 Å². The Morgan fingerprint density at radius 3 is 2.67 bits per heavy atom. The van der Waals surface area contributed by atoms with E-state index < -0.39 is 0 Å². The highest BCUT2D eigenvalue weighted by atomic mass is 16.5. The molecule has 0 aliphatic heterocycles. The molecule has 0 atom stereocenters. The van der Waals surface area contributed by atoms with Crippen LogP contribution in [0.1, 0.15) is 37.0 Å². The predicted octanol–water partition coefficient (Wildman–Crippen LogP) is 3.36. The lowest BCUT2D eigenvalue weighted by Gasteiger charge is -2.29. The molecule has 0 unspecified atom stereocenters. The first kappa shape index (κ1) is 16.9. The lowest BCUT2D eigenvalue weighted by Crippen LogP contribution is -2.29. The number of azide groups is 1. The summed E-state index contributed by atoms with van der Waals surface area (Å²) in [5.74, 6) is 0.634. The molecule has 6 nitrogen and oxygen atoms in total. The van der Waals surface area contributed by atoms with E-state index in [4.69, 9.17) is 10.3 Å². The van der Waals surface area contributed by atoms with Crippen LogP contribution in [-0.4, -0.2) is 19.7 Å². The highest BCUT2D eigenvalue weighted by molar-refractivity contribution is 5.77. The van der Waals surface area contributed by atoms with Crippen LogP contribution in [0.2, 0.25) is 0 Å². The fraction of sp³-hybridized carbons (Fsp3) is 0.533. The first-order chi connectivity index (χ1) is 9.81. The minimum atomic E-state index is -0.385. The zero-order chi connectivity index (χ0) is 16.0. The molecule has 1 amide bonds. The van der Waals surface area contributed by atoms with Gasteiger partial charge in [-0.25, -0.2) is 0 Å². The zero-order valence-electron chi connectivity index (χ0n) is 13.2. The zero-order valence-corrected chi connectivity index (χ0v) is 13.2. The quantitative estimate of drug-likeness (QED) is 0.494. The summed E-state index contributed by atoms with van der Waals surface area (Å²) in [7, 11) is 1.62. The number of hydrogen-bond acceptors (Lipinski definition) is 3. The van der Waals surface area contributed by atoms with Crippen LogP contribution >= 0.6 is 0 Å². The standard InChI is InChI=1S/C15H22N4O2/c1-10-6-11(2)14(12(7-10)21-9-18-19-16)15(3,4)8-13(20)17-5/h6-7H,8-9H2,1-5H3,(H,17,20). The minimum Gasteiger partial charge on any atom is -0.487 e. The van der Waals surface area contributed by atoms with Gasteiger partial charge in [0.15, 0.2) is 6.73 Å². The summed E-state index contributed by atoms with van der Waals surface area (Å²) in [5.41, 5.74) is 11.1. The number of ether oxygens (including phenoxy) is 1. The van der Waals surface area contributed by atoms with Gasteiger partial charge in [0, 0.05) is 29.4 Å². The molecule has 0 radical (unpaired) electrons. The lowest BCUT2D eigenvalue weighted by molar-refractivity contribution is -0.121. The Bertz CT molecular complexity index is 575. The van der Waals surface area contributed by atoms with Crippen molar-refractivity contribution >= 4 is 5.91 Å². The molecule has 0 aliphatic carbocycles. The van der Waals surface area contributed by atoms with Crippen molar-refractivity contribution in [1.29, 1.82) is 0 Å². The Labute approximate surface area is 125 Å². The molecule has 0 heterocycles. The molecular formula is C15H22N4O2. The summed E-state index contributed by atoms with van der Waals surface area (Å²) in [6.07, 6.45) is 0.352. The first-order valence-electron chi connectivity index (χ1n) is 6.77. The Kier molecular flexibility index (Phi) is 5.61. The Hall–Kier alpha value is -2.20. The van der Waals surface area contributed by atoms with Crippen LogP contribution in [0.4, 0.5) is 0 Å². The summed E-state index contributed by atoms with van der Waals surface area (Å²) in [5, 5.41) is 6.05. The molecule has 0 aromatic heterocycles. The molecule has 0 fully saturated rings. The number of carbonyl (C=O) groups is 1. The second-order valence-electron chi connectivity index (χ2n) is 5.69. The Morgan fingerprint density at radius 1 is 1.43 bits per heavy atom. The van der Waals surface area contributed by atoms with Crippen molar-refractivity contribution < 1.29 is 9.53 Å². The van der Waals surface area contributed by atoms with Crippen LogP contribution in [0.25, 0.3) is 10.4 Å². The van der Waals surface area contributed by atoms with Crippen molar-refractivity contribution in [3.05, 3.63) is 39.3 Å². The van der Waals surface area contributed by atoms with Crippen LogP contribution in [0.3, 0.4) is 0 Å². The normalized spacial score (nSPS) is 10.7. The van der Waals surface area contributed by atoms with Crippen LogP contribution in [0, 0.1) is 13.8 Å². The molecule has 0 spiro atoms. The van der Waals surface area contributed by atoms with Crippen molar-refractivity contribution in [1.82, 2.24) is 5.32 Å². The van der Waals surface area contributed by atoms with Gasteiger partial charge in [0.1, 0.15) is 5.75 Å². The molecule has 114 valence electrons. The molecule has 1 rings (SSSR count). The van der Waals surface area contributed by atoms with E-state index in [1.807, 2.05) is 33.8 Å². The molecule has 0 saturated carbocycles. The molecule has 6 heteroatoms. The second kappa shape index (κ2) is 6.99. The maximum atomic E-state index is 11.7. The summed E-state index contributed by atoms with van der Waals surface area (Å²) in [4.78, 5) is 14.4. The van der Waals surface area contributed by atoms with Gasteiger partial charge in [-0.3, -0.25) is 4.79 Å². The summed E-state index contributed by atoms with van der Waals surface area (Å²) >= 11 is 0. The van der Waals surface area contributed by atoms with Crippen LogP contribution in [-0.2, 0) is 10.2 Å². The van der Waals surface area contributed by atoms with Gasteiger partial charge in [-0.1, -0.05) is 25.0 Å². The topological polar surface area (TPSA) is 87.1 Å². The van der Waals surface area contributed by atoms with Gasteiger partial charge in [-0.2, -0.15) is 0 Å². The van der Waals surface area contributed by atoms with E-state index >= 15 is 0 Å². The molecule has 1 N–H and O–H groups in total. The molecule has 21 heavy (non-hydrogen) atoms. The third-order valence-corrected chi connectivity index (χ3v) is 3.34. The van der Waals surface area contributed by atoms with Gasteiger partial charge in [0.25, 0.3) is 0 Å². The maximum Gasteiger partial charge on any atom is 0.220 e. The first-order valence-corrected chi connectivity index (χ1v) is 6.77. The van der Waals surface area contributed by atoms with E-state index in [0.717, 1.165) is 16.7 Å². The summed E-state index contributed by atoms with van der Waals surface area (Å²) < 4.78 is 5.59. The fourth-order valence-electron chi connectivity index (χ4n) is 2.61. The number of hydrogen-bond donors (Lipinski definition) is 1. The monoisotopic (exact) mass is 290 g/mol. The van der Waals surface area contributed by atoms with Gasteiger partial charge < -0.3 is 10.1 Å². The van der Waals surface area contributed by atoms with Gasteiger partial charge in [-0.15, -0.1) is 0 Å².